The van der Waals surface area contributed by atoms with Crippen LogP contribution in [0.5, 0.6) is 0 Å². The van der Waals surface area contributed by atoms with E-state index >= 15 is 0 Å². The van der Waals surface area contributed by atoms with Crippen LogP contribution in [-0.4, -0.2) is 47.2 Å². The van der Waals surface area contributed by atoms with E-state index in [2.05, 4.69) is 10.6 Å². The standard InChI is InChI=1S/C18H24FN3O3/c1-2-22(11-16(23)24)15-9-14(10-15)20-17(25)21-18(7-8-18)12-3-5-13(19)6-4-12/h3-6,14-15H,2,7-11H2,1H3,(H,23,24)(H2,20,21,25). The quantitative estimate of drug-likeness (QED) is 0.704. The third kappa shape index (κ3) is 4.10. The van der Waals surface area contributed by atoms with E-state index in [1.807, 2.05) is 11.8 Å². The van der Waals surface area contributed by atoms with Crippen molar-refractivity contribution in [1.29, 1.82) is 0 Å². The molecule has 6 nitrogen and oxygen atoms in total. The van der Waals surface area contributed by atoms with Gasteiger partial charge in [-0.25, -0.2) is 9.18 Å². The van der Waals surface area contributed by atoms with Crippen LogP contribution in [0.15, 0.2) is 24.3 Å². The van der Waals surface area contributed by atoms with E-state index in [1.165, 1.54) is 12.1 Å². The van der Waals surface area contributed by atoms with E-state index in [-0.39, 0.29) is 36.0 Å². The largest absolute Gasteiger partial charge is 0.480 e. The Labute approximate surface area is 146 Å². The molecule has 2 aliphatic carbocycles. The van der Waals surface area contributed by atoms with Gasteiger partial charge >= 0.3 is 12.0 Å². The normalized spacial score (nSPS) is 23.6. The zero-order valence-corrected chi connectivity index (χ0v) is 14.3. The topological polar surface area (TPSA) is 81.7 Å². The molecular weight excluding hydrogens is 325 g/mol. The van der Waals surface area contributed by atoms with Crippen molar-refractivity contribution in [3.8, 4) is 0 Å². The number of rotatable bonds is 7. The highest BCUT2D eigenvalue weighted by atomic mass is 19.1. The lowest BCUT2D eigenvalue weighted by atomic mass is 9.85. The van der Waals surface area contributed by atoms with Gasteiger partial charge in [0.2, 0.25) is 0 Å². The molecule has 1 aromatic rings. The number of nitrogens with zero attached hydrogens (tertiary/aromatic N) is 1. The fourth-order valence-corrected chi connectivity index (χ4v) is 3.50. The Balaban J connectivity index is 1.46. The highest BCUT2D eigenvalue weighted by molar-refractivity contribution is 5.76. The number of carboxylic acids is 1. The maximum atomic E-state index is 13.1. The predicted molar refractivity (Wildman–Crippen MR) is 90.7 cm³/mol. The van der Waals surface area contributed by atoms with Crippen LogP contribution in [0.4, 0.5) is 9.18 Å². The molecule has 0 atom stereocenters. The van der Waals surface area contributed by atoms with E-state index in [4.69, 9.17) is 5.11 Å². The van der Waals surface area contributed by atoms with Gasteiger partial charge in [-0.2, -0.15) is 0 Å². The molecule has 7 heteroatoms. The van der Waals surface area contributed by atoms with Crippen molar-refractivity contribution in [1.82, 2.24) is 15.5 Å². The minimum atomic E-state index is -0.828. The van der Waals surface area contributed by atoms with Gasteiger partial charge in [-0.05, 0) is 49.9 Å². The number of amides is 2. The average molecular weight is 349 g/mol. The first-order chi connectivity index (χ1) is 11.9. The van der Waals surface area contributed by atoms with Gasteiger partial charge in [0.15, 0.2) is 0 Å². The van der Waals surface area contributed by atoms with E-state index < -0.39 is 5.97 Å². The van der Waals surface area contributed by atoms with Crippen molar-refractivity contribution in [2.45, 2.75) is 50.2 Å². The zero-order chi connectivity index (χ0) is 18.0. The molecule has 0 aliphatic heterocycles. The highest BCUT2D eigenvalue weighted by Crippen LogP contribution is 2.45. The molecule has 136 valence electrons. The molecule has 0 aromatic heterocycles. The summed E-state index contributed by atoms with van der Waals surface area (Å²) in [6.45, 7) is 2.66. The second-order valence-electron chi connectivity index (χ2n) is 6.97. The smallest absolute Gasteiger partial charge is 0.317 e. The molecule has 2 aliphatic rings. The molecule has 0 unspecified atom stereocenters. The van der Waals surface area contributed by atoms with E-state index in [9.17, 15) is 14.0 Å². The Hall–Kier alpha value is -2.15. The SMILES string of the molecule is CCN(CC(=O)O)C1CC(NC(=O)NC2(c3ccc(F)cc3)CC2)C1. The van der Waals surface area contributed by atoms with Crippen LogP contribution in [0.1, 0.15) is 38.2 Å². The lowest BCUT2D eigenvalue weighted by Crippen LogP contribution is -2.57. The average Bonchev–Trinajstić information content (AvgIpc) is 3.29. The second-order valence-corrected chi connectivity index (χ2v) is 6.97. The summed E-state index contributed by atoms with van der Waals surface area (Å²) in [6.07, 6.45) is 3.22. The lowest BCUT2D eigenvalue weighted by Gasteiger charge is -2.42. The molecule has 3 N–H and O–H groups in total. The summed E-state index contributed by atoms with van der Waals surface area (Å²) < 4.78 is 13.1. The molecule has 2 saturated carbocycles. The van der Waals surface area contributed by atoms with Crippen LogP contribution in [0, 0.1) is 5.82 Å². The number of hydrogen-bond acceptors (Lipinski definition) is 3. The van der Waals surface area contributed by atoms with Gasteiger partial charge in [0.05, 0.1) is 12.1 Å². The first-order valence-electron chi connectivity index (χ1n) is 8.72. The Morgan fingerprint density at radius 2 is 1.92 bits per heavy atom. The maximum Gasteiger partial charge on any atom is 0.317 e. The Kier molecular flexibility index (Phi) is 4.94. The molecule has 0 saturated heterocycles. The summed E-state index contributed by atoms with van der Waals surface area (Å²) in [7, 11) is 0. The molecule has 25 heavy (non-hydrogen) atoms. The Morgan fingerprint density at radius 1 is 1.28 bits per heavy atom. The molecule has 0 radical (unpaired) electrons. The van der Waals surface area contributed by atoms with Gasteiger partial charge in [0, 0.05) is 12.1 Å². The molecule has 0 spiro atoms. The molecule has 3 rings (SSSR count). The number of nitrogens with one attached hydrogen (secondary N) is 2. The van der Waals surface area contributed by atoms with Gasteiger partial charge in [-0.3, -0.25) is 9.69 Å². The molecular formula is C18H24FN3O3. The summed E-state index contributed by atoms with van der Waals surface area (Å²) >= 11 is 0. The van der Waals surface area contributed by atoms with Crippen molar-refractivity contribution in [2.75, 3.05) is 13.1 Å². The van der Waals surface area contributed by atoms with Gasteiger partial charge < -0.3 is 15.7 Å². The zero-order valence-electron chi connectivity index (χ0n) is 14.3. The highest BCUT2D eigenvalue weighted by Gasteiger charge is 2.46. The minimum absolute atomic E-state index is 0.0355. The third-order valence-corrected chi connectivity index (χ3v) is 5.21. The predicted octanol–water partition coefficient (Wildman–Crippen LogP) is 2.05. The lowest BCUT2D eigenvalue weighted by molar-refractivity contribution is -0.139. The number of aliphatic carboxylic acids is 1. The van der Waals surface area contributed by atoms with Gasteiger partial charge in [-0.15, -0.1) is 0 Å². The van der Waals surface area contributed by atoms with Crippen LogP contribution in [-0.2, 0) is 10.3 Å². The fourth-order valence-electron chi connectivity index (χ4n) is 3.50. The minimum Gasteiger partial charge on any atom is -0.480 e. The van der Waals surface area contributed by atoms with Crippen molar-refractivity contribution in [3.05, 3.63) is 35.6 Å². The van der Waals surface area contributed by atoms with Crippen molar-refractivity contribution in [2.24, 2.45) is 0 Å². The van der Waals surface area contributed by atoms with E-state index in [1.54, 1.807) is 12.1 Å². The van der Waals surface area contributed by atoms with Crippen molar-refractivity contribution in [3.63, 3.8) is 0 Å². The Morgan fingerprint density at radius 3 is 2.44 bits per heavy atom. The van der Waals surface area contributed by atoms with Crippen LogP contribution in [0.2, 0.25) is 0 Å². The van der Waals surface area contributed by atoms with Gasteiger partial charge in [0.1, 0.15) is 5.82 Å². The molecule has 2 amide bonds. The van der Waals surface area contributed by atoms with Crippen LogP contribution in [0.3, 0.4) is 0 Å². The first kappa shape index (κ1) is 17.7. The number of halogens is 1. The van der Waals surface area contributed by atoms with Crippen LogP contribution >= 0.6 is 0 Å². The number of urea groups is 1. The first-order valence-corrected chi connectivity index (χ1v) is 8.72. The van der Waals surface area contributed by atoms with Crippen molar-refractivity contribution >= 4 is 12.0 Å². The number of benzene rings is 1. The summed E-state index contributed by atoms with van der Waals surface area (Å²) in [5, 5.41) is 14.9. The van der Waals surface area contributed by atoms with E-state index in [0.29, 0.717) is 6.54 Å². The summed E-state index contributed by atoms with van der Waals surface area (Å²) in [6, 6.07) is 6.31. The second kappa shape index (κ2) is 7.00. The molecule has 1 aromatic carbocycles. The monoisotopic (exact) mass is 349 g/mol. The number of hydrogen-bond donors (Lipinski definition) is 3. The van der Waals surface area contributed by atoms with Crippen molar-refractivity contribution < 1.29 is 19.1 Å². The summed E-state index contributed by atoms with van der Waals surface area (Å²) in [5.41, 5.74) is 0.550. The molecule has 2 fully saturated rings. The van der Waals surface area contributed by atoms with Gasteiger partial charge in [0.25, 0.3) is 0 Å². The summed E-state index contributed by atoms with van der Waals surface area (Å²) in [5.74, 6) is -1.11. The summed E-state index contributed by atoms with van der Waals surface area (Å²) in [4.78, 5) is 25.0. The van der Waals surface area contributed by atoms with Crippen LogP contribution in [0.25, 0.3) is 0 Å². The number of carbonyl (C=O) groups excluding carboxylic acids is 1. The fraction of sp³-hybridized carbons (Fsp3) is 0.556. The third-order valence-electron chi connectivity index (χ3n) is 5.21. The molecule has 0 bridgehead atoms. The number of carbonyl (C=O) groups is 2. The van der Waals surface area contributed by atoms with Crippen LogP contribution < -0.4 is 10.6 Å². The van der Waals surface area contributed by atoms with E-state index in [0.717, 1.165) is 31.2 Å². The maximum absolute atomic E-state index is 13.1. The molecule has 0 heterocycles. The number of carboxylic acid groups (broad SMARTS) is 1. The Bertz CT molecular complexity index is 639. The van der Waals surface area contributed by atoms with Gasteiger partial charge in [-0.1, -0.05) is 19.1 Å². The number of likely N-dealkylation sites (N-methyl/N-ethyl adjacent to an activating group) is 1.